The zero-order valence-electron chi connectivity index (χ0n) is 6.80. The molecule has 0 aliphatic carbocycles. The lowest BCUT2D eigenvalue weighted by Gasteiger charge is -2.17. The molecule has 0 radical (unpaired) electrons. The first-order valence-electron chi connectivity index (χ1n) is 3.88. The number of ether oxygens (including phenoxy) is 1. The van der Waals surface area contributed by atoms with Gasteiger partial charge in [-0.2, -0.15) is 0 Å². The van der Waals surface area contributed by atoms with E-state index in [1.165, 1.54) is 7.11 Å². The maximum Gasteiger partial charge on any atom is 0.410 e. The lowest BCUT2D eigenvalue weighted by atomic mass is 10.3. The molecule has 1 saturated heterocycles. The second-order valence-corrected chi connectivity index (χ2v) is 2.60. The summed E-state index contributed by atoms with van der Waals surface area (Å²) >= 11 is 0. The van der Waals surface area contributed by atoms with E-state index in [-0.39, 0.29) is 6.09 Å². The number of carbonyl (C=O) groups excluding carboxylic acids is 1. The summed E-state index contributed by atoms with van der Waals surface area (Å²) in [6.07, 6.45) is 1.95. The van der Waals surface area contributed by atoms with E-state index in [0.29, 0.717) is 6.67 Å². The summed E-state index contributed by atoms with van der Waals surface area (Å²) in [5, 5.41) is 3.14. The predicted molar refractivity (Wildman–Crippen MR) is 41.2 cm³/mol. The number of carbonyl (C=O) groups is 1. The number of methoxy groups -OCH3 is 1. The number of amides is 1. The Morgan fingerprint density at radius 3 is 3.09 bits per heavy atom. The quantitative estimate of drug-likeness (QED) is 0.554. The summed E-state index contributed by atoms with van der Waals surface area (Å²) in [5.41, 5.74) is 0. The van der Waals surface area contributed by atoms with Gasteiger partial charge in [-0.1, -0.05) is 0 Å². The molecule has 0 saturated carbocycles. The molecule has 0 aromatic heterocycles. The molecule has 0 unspecified atom stereocenters. The Hall–Kier alpha value is -0.770. The second kappa shape index (κ2) is 4.18. The van der Waals surface area contributed by atoms with Crippen LogP contribution in [0.25, 0.3) is 0 Å². The fraction of sp³-hybridized carbons (Fsp3) is 0.857. The van der Waals surface area contributed by atoms with Crippen molar-refractivity contribution in [1.82, 2.24) is 10.2 Å². The molecule has 0 aromatic rings. The number of hydrogen-bond acceptors (Lipinski definition) is 3. The van der Waals surface area contributed by atoms with E-state index in [9.17, 15) is 4.79 Å². The van der Waals surface area contributed by atoms with Gasteiger partial charge in [-0.05, 0) is 19.4 Å². The molecule has 64 valence electrons. The van der Waals surface area contributed by atoms with Crippen LogP contribution in [0.1, 0.15) is 12.8 Å². The maximum absolute atomic E-state index is 11.0. The zero-order chi connectivity index (χ0) is 8.10. The number of hydrogen-bond donors (Lipinski definition) is 1. The van der Waals surface area contributed by atoms with Crippen molar-refractivity contribution < 1.29 is 9.53 Å². The van der Waals surface area contributed by atoms with Gasteiger partial charge in [0.2, 0.25) is 0 Å². The molecule has 1 aliphatic heterocycles. The third-order valence-electron chi connectivity index (χ3n) is 1.77. The van der Waals surface area contributed by atoms with E-state index in [1.54, 1.807) is 4.90 Å². The molecule has 1 rings (SSSR count). The van der Waals surface area contributed by atoms with Gasteiger partial charge in [0.1, 0.15) is 0 Å². The van der Waals surface area contributed by atoms with Gasteiger partial charge in [0.15, 0.2) is 0 Å². The van der Waals surface area contributed by atoms with Crippen LogP contribution in [-0.2, 0) is 4.74 Å². The highest BCUT2D eigenvalue weighted by molar-refractivity contribution is 5.67. The third-order valence-corrected chi connectivity index (χ3v) is 1.77. The van der Waals surface area contributed by atoms with E-state index in [4.69, 9.17) is 0 Å². The van der Waals surface area contributed by atoms with E-state index in [2.05, 4.69) is 10.1 Å². The minimum Gasteiger partial charge on any atom is -0.453 e. The summed E-state index contributed by atoms with van der Waals surface area (Å²) in [6, 6.07) is 0. The summed E-state index contributed by atoms with van der Waals surface area (Å²) in [6.45, 7) is 2.42. The standard InChI is InChI=1S/C7H14N2O2/c1-11-7(10)9-5-3-2-4-8-6-9/h8H,2-6H2,1H3. The first kappa shape index (κ1) is 8.33. The SMILES string of the molecule is COC(=O)N1CCCCNC1. The number of rotatable bonds is 0. The molecule has 4 heteroatoms. The molecule has 0 spiro atoms. The Kier molecular flexibility index (Phi) is 3.16. The summed E-state index contributed by atoms with van der Waals surface area (Å²) in [4.78, 5) is 12.7. The first-order chi connectivity index (χ1) is 5.34. The minimum absolute atomic E-state index is 0.237. The van der Waals surface area contributed by atoms with Crippen LogP contribution < -0.4 is 5.32 Å². The average Bonchev–Trinajstić information content (AvgIpc) is 2.30. The molecule has 1 N–H and O–H groups in total. The highest BCUT2D eigenvalue weighted by Crippen LogP contribution is 1.99. The maximum atomic E-state index is 11.0. The van der Waals surface area contributed by atoms with Gasteiger partial charge in [0.25, 0.3) is 0 Å². The van der Waals surface area contributed by atoms with Gasteiger partial charge >= 0.3 is 6.09 Å². The van der Waals surface area contributed by atoms with Crippen molar-refractivity contribution >= 4 is 6.09 Å². The van der Waals surface area contributed by atoms with E-state index in [0.717, 1.165) is 25.9 Å². The molecule has 1 heterocycles. The van der Waals surface area contributed by atoms with Crippen molar-refractivity contribution in [3.63, 3.8) is 0 Å². The van der Waals surface area contributed by atoms with Gasteiger partial charge in [0.05, 0.1) is 13.8 Å². The number of nitrogens with zero attached hydrogens (tertiary/aromatic N) is 1. The van der Waals surface area contributed by atoms with E-state index >= 15 is 0 Å². The molecule has 0 atom stereocenters. The highest BCUT2D eigenvalue weighted by Gasteiger charge is 2.14. The van der Waals surface area contributed by atoms with Crippen molar-refractivity contribution in [1.29, 1.82) is 0 Å². The van der Waals surface area contributed by atoms with Gasteiger partial charge in [-0.15, -0.1) is 0 Å². The van der Waals surface area contributed by atoms with E-state index < -0.39 is 0 Å². The Balaban J connectivity index is 2.36. The molecule has 1 aliphatic rings. The van der Waals surface area contributed by atoms with Crippen LogP contribution in [0, 0.1) is 0 Å². The van der Waals surface area contributed by atoms with Gasteiger partial charge in [0, 0.05) is 6.54 Å². The van der Waals surface area contributed by atoms with Crippen LogP contribution >= 0.6 is 0 Å². The summed E-state index contributed by atoms with van der Waals surface area (Å²) < 4.78 is 4.59. The lowest BCUT2D eigenvalue weighted by Crippen LogP contribution is -2.37. The smallest absolute Gasteiger partial charge is 0.410 e. The Labute approximate surface area is 66.5 Å². The lowest BCUT2D eigenvalue weighted by molar-refractivity contribution is 0.123. The van der Waals surface area contributed by atoms with Crippen molar-refractivity contribution in [2.75, 3.05) is 26.9 Å². The van der Waals surface area contributed by atoms with Gasteiger partial charge < -0.3 is 4.74 Å². The molecular formula is C7H14N2O2. The van der Waals surface area contributed by atoms with E-state index in [1.807, 2.05) is 0 Å². The predicted octanol–water partition coefficient (Wildman–Crippen LogP) is 0.396. The van der Waals surface area contributed by atoms with Crippen molar-refractivity contribution in [3.05, 3.63) is 0 Å². The molecule has 0 aromatic carbocycles. The van der Waals surface area contributed by atoms with Crippen LogP contribution in [0.5, 0.6) is 0 Å². The zero-order valence-corrected chi connectivity index (χ0v) is 6.80. The molecule has 4 nitrogen and oxygen atoms in total. The molecular weight excluding hydrogens is 144 g/mol. The normalized spacial score (nSPS) is 19.2. The van der Waals surface area contributed by atoms with Crippen LogP contribution in [-0.4, -0.2) is 37.9 Å². The fourth-order valence-corrected chi connectivity index (χ4v) is 1.13. The fourth-order valence-electron chi connectivity index (χ4n) is 1.13. The van der Waals surface area contributed by atoms with Gasteiger partial charge in [-0.3, -0.25) is 10.2 Å². The summed E-state index contributed by atoms with van der Waals surface area (Å²) in [5.74, 6) is 0. The van der Waals surface area contributed by atoms with Crippen LogP contribution in [0.3, 0.4) is 0 Å². The third kappa shape index (κ3) is 2.38. The number of nitrogens with one attached hydrogen (secondary N) is 1. The van der Waals surface area contributed by atoms with Crippen LogP contribution in [0.15, 0.2) is 0 Å². The Morgan fingerprint density at radius 2 is 2.36 bits per heavy atom. The average molecular weight is 158 g/mol. The first-order valence-corrected chi connectivity index (χ1v) is 3.88. The molecule has 0 bridgehead atoms. The highest BCUT2D eigenvalue weighted by atomic mass is 16.5. The molecule has 1 fully saturated rings. The van der Waals surface area contributed by atoms with Gasteiger partial charge in [-0.25, -0.2) is 4.79 Å². The summed E-state index contributed by atoms with van der Waals surface area (Å²) in [7, 11) is 1.41. The Bertz CT molecular complexity index is 130. The van der Waals surface area contributed by atoms with Crippen LogP contribution in [0.4, 0.5) is 4.79 Å². The molecule has 1 amide bonds. The van der Waals surface area contributed by atoms with Crippen molar-refractivity contribution in [3.8, 4) is 0 Å². The second-order valence-electron chi connectivity index (χ2n) is 2.60. The monoisotopic (exact) mass is 158 g/mol. The largest absolute Gasteiger partial charge is 0.453 e. The topological polar surface area (TPSA) is 41.6 Å². The van der Waals surface area contributed by atoms with Crippen LogP contribution in [0.2, 0.25) is 0 Å². The van der Waals surface area contributed by atoms with Crippen molar-refractivity contribution in [2.24, 2.45) is 0 Å². The molecule has 11 heavy (non-hydrogen) atoms. The van der Waals surface area contributed by atoms with Crippen molar-refractivity contribution in [2.45, 2.75) is 12.8 Å². The minimum atomic E-state index is -0.237. The Morgan fingerprint density at radius 1 is 1.55 bits per heavy atom.